The van der Waals surface area contributed by atoms with E-state index < -0.39 is 12.0 Å². The summed E-state index contributed by atoms with van der Waals surface area (Å²) in [5.41, 5.74) is 6.96. The van der Waals surface area contributed by atoms with E-state index >= 15 is 0 Å². The van der Waals surface area contributed by atoms with Gasteiger partial charge in [0.2, 0.25) is 0 Å². The van der Waals surface area contributed by atoms with Crippen molar-refractivity contribution in [2.75, 3.05) is 0 Å². The molecule has 2 aromatic heterocycles. The summed E-state index contributed by atoms with van der Waals surface area (Å²) in [5, 5.41) is 9.50. The van der Waals surface area contributed by atoms with Crippen LogP contribution in [0.3, 0.4) is 0 Å². The minimum absolute atomic E-state index is 0.267. The maximum Gasteiger partial charge on any atom is 0.320 e. The van der Waals surface area contributed by atoms with E-state index in [0.717, 1.165) is 10.9 Å². The highest BCUT2D eigenvalue weighted by atomic mass is 16.4. The summed E-state index contributed by atoms with van der Waals surface area (Å²) in [6, 6.07) is -0.899. The summed E-state index contributed by atoms with van der Waals surface area (Å²) in [5.74, 6) is -1.01. The number of nitrogens with zero attached hydrogens (tertiary/aromatic N) is 2. The van der Waals surface area contributed by atoms with Crippen molar-refractivity contribution in [3.05, 3.63) is 24.3 Å². The Labute approximate surface area is 85.2 Å². The van der Waals surface area contributed by atoms with Crippen LogP contribution in [-0.2, 0) is 11.2 Å². The molecule has 1 atom stereocenters. The summed E-state index contributed by atoms with van der Waals surface area (Å²) in [6.45, 7) is 0. The molecule has 2 rings (SSSR count). The van der Waals surface area contributed by atoms with Crippen LogP contribution in [0.2, 0.25) is 0 Å². The number of aromatic nitrogens is 3. The van der Waals surface area contributed by atoms with Gasteiger partial charge in [-0.2, -0.15) is 0 Å². The second-order valence-electron chi connectivity index (χ2n) is 3.25. The van der Waals surface area contributed by atoms with Gasteiger partial charge in [-0.15, -0.1) is 0 Å². The second kappa shape index (κ2) is 3.66. The molecule has 0 bridgehead atoms. The molecule has 6 heteroatoms. The Hall–Kier alpha value is -1.95. The molecular weight excluding hydrogens is 196 g/mol. The number of H-pyrrole nitrogens is 1. The van der Waals surface area contributed by atoms with Crippen molar-refractivity contribution < 1.29 is 9.90 Å². The first-order valence-corrected chi connectivity index (χ1v) is 4.43. The van der Waals surface area contributed by atoms with Gasteiger partial charge in [-0.3, -0.25) is 4.79 Å². The summed E-state index contributed by atoms with van der Waals surface area (Å²) < 4.78 is 0. The molecule has 0 amide bonds. The average Bonchev–Trinajstić information content (AvgIpc) is 2.62. The van der Waals surface area contributed by atoms with Gasteiger partial charge in [0.25, 0.3) is 0 Å². The molecule has 1 unspecified atom stereocenters. The normalized spacial score (nSPS) is 12.9. The minimum Gasteiger partial charge on any atom is -0.480 e. The number of aliphatic carboxylic acids is 1. The highest BCUT2D eigenvalue weighted by Crippen LogP contribution is 2.15. The third-order valence-electron chi connectivity index (χ3n) is 2.20. The monoisotopic (exact) mass is 206 g/mol. The Morgan fingerprint density at radius 1 is 1.67 bits per heavy atom. The molecule has 0 spiro atoms. The standard InChI is InChI=1S/C9H10N4O2/c10-7(9(14)15)1-5-2-12-8-6(5)3-11-4-13-8/h2-4,7H,1,10H2,(H,14,15)(H,11,12,13). The van der Waals surface area contributed by atoms with Crippen LogP contribution in [0, 0.1) is 0 Å². The van der Waals surface area contributed by atoms with Crippen LogP contribution >= 0.6 is 0 Å². The van der Waals surface area contributed by atoms with E-state index in [1.807, 2.05) is 0 Å². The fraction of sp³-hybridized carbons (Fsp3) is 0.222. The highest BCUT2D eigenvalue weighted by Gasteiger charge is 2.14. The van der Waals surface area contributed by atoms with Gasteiger partial charge >= 0.3 is 5.97 Å². The van der Waals surface area contributed by atoms with Crippen LogP contribution in [0.15, 0.2) is 18.7 Å². The predicted octanol–water partition coefficient (Wildman–Crippen LogP) is -0.0877. The quantitative estimate of drug-likeness (QED) is 0.651. The van der Waals surface area contributed by atoms with Gasteiger partial charge < -0.3 is 15.8 Å². The number of carboxylic acids is 1. The number of hydrogen-bond donors (Lipinski definition) is 3. The smallest absolute Gasteiger partial charge is 0.320 e. The van der Waals surface area contributed by atoms with Crippen molar-refractivity contribution in [1.29, 1.82) is 0 Å². The lowest BCUT2D eigenvalue weighted by Crippen LogP contribution is -2.32. The third-order valence-corrected chi connectivity index (χ3v) is 2.20. The first kappa shape index (κ1) is 9.60. The summed E-state index contributed by atoms with van der Waals surface area (Å²) >= 11 is 0. The van der Waals surface area contributed by atoms with Crippen molar-refractivity contribution in [1.82, 2.24) is 15.0 Å². The summed E-state index contributed by atoms with van der Waals surface area (Å²) in [6.07, 6.45) is 5.05. The van der Waals surface area contributed by atoms with E-state index in [1.165, 1.54) is 6.33 Å². The lowest BCUT2D eigenvalue weighted by molar-refractivity contribution is -0.138. The molecule has 0 aliphatic rings. The zero-order valence-electron chi connectivity index (χ0n) is 7.84. The SMILES string of the molecule is NC(Cc1c[nH]c2ncncc12)C(=O)O. The van der Waals surface area contributed by atoms with Gasteiger partial charge in [-0.25, -0.2) is 9.97 Å². The van der Waals surface area contributed by atoms with E-state index in [1.54, 1.807) is 12.4 Å². The van der Waals surface area contributed by atoms with Crippen LogP contribution in [0.4, 0.5) is 0 Å². The van der Waals surface area contributed by atoms with E-state index in [0.29, 0.717) is 5.65 Å². The first-order valence-electron chi connectivity index (χ1n) is 4.43. The Kier molecular flexibility index (Phi) is 2.34. The molecule has 0 aliphatic carbocycles. The number of nitrogens with two attached hydrogens (primary N) is 1. The zero-order valence-corrected chi connectivity index (χ0v) is 7.84. The van der Waals surface area contributed by atoms with Crippen LogP contribution in [0.1, 0.15) is 5.56 Å². The number of aromatic amines is 1. The molecule has 78 valence electrons. The Bertz CT molecular complexity index is 494. The topological polar surface area (TPSA) is 105 Å². The van der Waals surface area contributed by atoms with Crippen LogP contribution in [-0.4, -0.2) is 32.1 Å². The number of carbonyl (C=O) groups is 1. The fourth-order valence-electron chi connectivity index (χ4n) is 1.41. The van der Waals surface area contributed by atoms with Gasteiger partial charge in [0.15, 0.2) is 0 Å². The number of fused-ring (bicyclic) bond motifs is 1. The summed E-state index contributed by atoms with van der Waals surface area (Å²) in [7, 11) is 0. The van der Waals surface area contributed by atoms with Crippen LogP contribution in [0.5, 0.6) is 0 Å². The van der Waals surface area contributed by atoms with Crippen LogP contribution in [0.25, 0.3) is 11.0 Å². The Balaban J connectivity index is 2.32. The van der Waals surface area contributed by atoms with E-state index in [2.05, 4.69) is 15.0 Å². The molecule has 4 N–H and O–H groups in total. The van der Waals surface area contributed by atoms with Crippen molar-refractivity contribution in [2.24, 2.45) is 5.73 Å². The molecule has 0 aromatic carbocycles. The number of carboxylic acid groups (broad SMARTS) is 1. The van der Waals surface area contributed by atoms with Crippen LogP contribution < -0.4 is 5.73 Å². The Morgan fingerprint density at radius 3 is 3.20 bits per heavy atom. The molecule has 0 aliphatic heterocycles. The van der Waals surface area contributed by atoms with Crippen molar-refractivity contribution >= 4 is 17.0 Å². The largest absolute Gasteiger partial charge is 0.480 e. The van der Waals surface area contributed by atoms with Crippen molar-refractivity contribution in [3.8, 4) is 0 Å². The molecule has 2 heterocycles. The predicted molar refractivity (Wildman–Crippen MR) is 53.2 cm³/mol. The second-order valence-corrected chi connectivity index (χ2v) is 3.25. The lowest BCUT2D eigenvalue weighted by atomic mass is 10.1. The number of nitrogens with one attached hydrogen (secondary N) is 1. The van der Waals surface area contributed by atoms with Crippen molar-refractivity contribution in [3.63, 3.8) is 0 Å². The molecule has 2 aromatic rings. The zero-order chi connectivity index (χ0) is 10.8. The van der Waals surface area contributed by atoms with E-state index in [4.69, 9.17) is 10.8 Å². The Morgan fingerprint density at radius 2 is 2.47 bits per heavy atom. The number of hydrogen-bond acceptors (Lipinski definition) is 4. The highest BCUT2D eigenvalue weighted by molar-refractivity contribution is 5.80. The molecule has 0 fully saturated rings. The minimum atomic E-state index is -1.01. The van der Waals surface area contributed by atoms with Gasteiger partial charge in [-0.1, -0.05) is 0 Å². The van der Waals surface area contributed by atoms with Gasteiger partial charge in [0.05, 0.1) is 0 Å². The molecule has 0 saturated carbocycles. The lowest BCUT2D eigenvalue weighted by Gasteiger charge is -2.03. The molecule has 6 nitrogen and oxygen atoms in total. The van der Waals surface area contributed by atoms with E-state index in [-0.39, 0.29) is 6.42 Å². The molecular formula is C9H10N4O2. The molecule has 15 heavy (non-hydrogen) atoms. The third kappa shape index (κ3) is 1.79. The maximum atomic E-state index is 10.6. The average molecular weight is 206 g/mol. The molecule has 0 saturated heterocycles. The number of rotatable bonds is 3. The van der Waals surface area contributed by atoms with Gasteiger partial charge in [-0.05, 0) is 5.56 Å². The summed E-state index contributed by atoms with van der Waals surface area (Å²) in [4.78, 5) is 21.4. The van der Waals surface area contributed by atoms with E-state index in [9.17, 15) is 4.79 Å². The molecule has 0 radical (unpaired) electrons. The first-order chi connectivity index (χ1) is 7.18. The van der Waals surface area contributed by atoms with Gasteiger partial charge in [0, 0.05) is 24.2 Å². The van der Waals surface area contributed by atoms with Crippen molar-refractivity contribution in [2.45, 2.75) is 12.5 Å². The maximum absolute atomic E-state index is 10.6. The fourth-order valence-corrected chi connectivity index (χ4v) is 1.41. The van der Waals surface area contributed by atoms with Gasteiger partial charge in [0.1, 0.15) is 18.0 Å².